The lowest BCUT2D eigenvalue weighted by molar-refractivity contribution is -0.134. The molecule has 1 heterocycles. The van der Waals surface area contributed by atoms with Crippen molar-refractivity contribution in [2.75, 3.05) is 6.54 Å². The van der Waals surface area contributed by atoms with Crippen molar-refractivity contribution in [1.82, 2.24) is 10.6 Å². The normalized spacial score (nSPS) is 21.1. The monoisotopic (exact) mass is 266 g/mol. The second-order valence-corrected chi connectivity index (χ2v) is 4.48. The summed E-state index contributed by atoms with van der Waals surface area (Å²) in [7, 11) is 0. The average molecular weight is 266 g/mol. The number of hydrogen-bond donors (Lipinski definition) is 3. The number of imide groups is 1. The fourth-order valence-corrected chi connectivity index (χ4v) is 1.94. The molecule has 2 atom stereocenters. The van der Waals surface area contributed by atoms with Crippen LogP contribution in [0.15, 0.2) is 24.3 Å². The van der Waals surface area contributed by atoms with Gasteiger partial charge in [0.05, 0.1) is 12.1 Å². The summed E-state index contributed by atoms with van der Waals surface area (Å²) in [5.41, 5.74) is 0.571. The van der Waals surface area contributed by atoms with E-state index in [1.807, 2.05) is 0 Å². The first-order valence-electron chi connectivity index (χ1n) is 6.07. The lowest BCUT2D eigenvalue weighted by atomic mass is 10.0. The maximum absolute atomic E-state index is 12.7. The summed E-state index contributed by atoms with van der Waals surface area (Å²) in [6, 6.07) is 5.04. The molecule has 0 aromatic heterocycles. The van der Waals surface area contributed by atoms with Crippen LogP contribution in [-0.2, 0) is 9.59 Å². The van der Waals surface area contributed by atoms with Gasteiger partial charge in [0.1, 0.15) is 5.82 Å². The van der Waals surface area contributed by atoms with Crippen LogP contribution in [0.3, 0.4) is 0 Å². The number of aliphatic hydroxyl groups excluding tert-OH is 1. The van der Waals surface area contributed by atoms with Crippen molar-refractivity contribution in [3.8, 4) is 0 Å². The van der Waals surface area contributed by atoms with Gasteiger partial charge in [-0.1, -0.05) is 12.1 Å². The maximum atomic E-state index is 12.7. The number of carbonyl (C=O) groups excluding carboxylic acids is 2. The highest BCUT2D eigenvalue weighted by Gasteiger charge is 2.26. The van der Waals surface area contributed by atoms with Crippen LogP contribution in [0.4, 0.5) is 4.39 Å². The fraction of sp³-hybridized carbons (Fsp3) is 0.385. The van der Waals surface area contributed by atoms with Crippen LogP contribution in [0.5, 0.6) is 0 Å². The van der Waals surface area contributed by atoms with Gasteiger partial charge in [0, 0.05) is 13.0 Å². The first kappa shape index (κ1) is 13.6. The third-order valence-electron chi connectivity index (χ3n) is 3.05. The Balaban J connectivity index is 1.86. The van der Waals surface area contributed by atoms with Crippen molar-refractivity contribution in [1.29, 1.82) is 0 Å². The Kier molecular flexibility index (Phi) is 4.24. The molecule has 0 saturated carbocycles. The van der Waals surface area contributed by atoms with Crippen molar-refractivity contribution < 1.29 is 19.1 Å². The predicted molar refractivity (Wildman–Crippen MR) is 65.5 cm³/mol. The van der Waals surface area contributed by atoms with Crippen molar-refractivity contribution in [2.45, 2.75) is 25.0 Å². The molecular weight excluding hydrogens is 251 g/mol. The number of rotatable bonds is 4. The van der Waals surface area contributed by atoms with Crippen LogP contribution in [0.25, 0.3) is 0 Å². The third kappa shape index (κ3) is 3.59. The van der Waals surface area contributed by atoms with E-state index in [1.165, 1.54) is 24.3 Å². The Labute approximate surface area is 109 Å². The molecule has 1 aliphatic rings. The molecule has 2 rings (SSSR count). The Morgan fingerprint density at radius 2 is 2.05 bits per heavy atom. The van der Waals surface area contributed by atoms with Gasteiger partial charge in [-0.3, -0.25) is 14.9 Å². The van der Waals surface area contributed by atoms with Gasteiger partial charge in [0.15, 0.2) is 0 Å². The van der Waals surface area contributed by atoms with Gasteiger partial charge in [-0.05, 0) is 24.1 Å². The van der Waals surface area contributed by atoms with Crippen LogP contribution >= 0.6 is 0 Å². The lowest BCUT2D eigenvalue weighted by Crippen LogP contribution is -2.51. The van der Waals surface area contributed by atoms with Gasteiger partial charge in [-0.15, -0.1) is 0 Å². The lowest BCUT2D eigenvalue weighted by Gasteiger charge is -2.23. The van der Waals surface area contributed by atoms with Crippen molar-refractivity contribution in [3.63, 3.8) is 0 Å². The molecule has 0 radical (unpaired) electrons. The van der Waals surface area contributed by atoms with E-state index in [-0.39, 0.29) is 30.6 Å². The molecule has 1 aromatic rings. The van der Waals surface area contributed by atoms with Crippen molar-refractivity contribution >= 4 is 11.8 Å². The third-order valence-corrected chi connectivity index (χ3v) is 3.05. The van der Waals surface area contributed by atoms with E-state index in [9.17, 15) is 19.1 Å². The molecule has 5 nitrogen and oxygen atoms in total. The number of benzene rings is 1. The first-order valence-corrected chi connectivity index (χ1v) is 6.07. The second kappa shape index (κ2) is 5.90. The van der Waals surface area contributed by atoms with E-state index in [4.69, 9.17) is 0 Å². The van der Waals surface area contributed by atoms with E-state index in [1.54, 1.807) is 0 Å². The second-order valence-electron chi connectivity index (χ2n) is 4.48. The molecule has 1 aromatic carbocycles. The number of piperidine rings is 1. The Morgan fingerprint density at radius 3 is 2.68 bits per heavy atom. The molecule has 0 spiro atoms. The molecule has 2 unspecified atom stereocenters. The minimum atomic E-state index is -0.828. The van der Waals surface area contributed by atoms with E-state index in [0.717, 1.165) is 0 Å². The summed E-state index contributed by atoms with van der Waals surface area (Å²) >= 11 is 0. The molecule has 19 heavy (non-hydrogen) atoms. The van der Waals surface area contributed by atoms with Gasteiger partial charge in [0.2, 0.25) is 11.8 Å². The molecule has 102 valence electrons. The van der Waals surface area contributed by atoms with Gasteiger partial charge in [0.25, 0.3) is 0 Å². The molecular formula is C13H15FN2O3. The topological polar surface area (TPSA) is 78.4 Å². The number of carbonyl (C=O) groups is 2. The van der Waals surface area contributed by atoms with Gasteiger partial charge in [-0.2, -0.15) is 0 Å². The summed E-state index contributed by atoms with van der Waals surface area (Å²) in [4.78, 5) is 22.4. The number of hydrogen-bond acceptors (Lipinski definition) is 4. The molecule has 1 aliphatic heterocycles. The summed E-state index contributed by atoms with van der Waals surface area (Å²) in [5, 5.41) is 15.0. The van der Waals surface area contributed by atoms with Crippen LogP contribution in [0.2, 0.25) is 0 Å². The Bertz CT molecular complexity index is 475. The van der Waals surface area contributed by atoms with E-state index >= 15 is 0 Å². The van der Waals surface area contributed by atoms with Crippen LogP contribution < -0.4 is 10.6 Å². The summed E-state index contributed by atoms with van der Waals surface area (Å²) in [6.45, 7) is 0.165. The summed E-state index contributed by atoms with van der Waals surface area (Å²) in [6.07, 6.45) is -0.123. The molecule has 1 saturated heterocycles. The van der Waals surface area contributed by atoms with E-state index in [2.05, 4.69) is 10.6 Å². The molecule has 3 N–H and O–H groups in total. The minimum Gasteiger partial charge on any atom is -0.387 e. The first-order chi connectivity index (χ1) is 9.06. The molecule has 0 bridgehead atoms. The highest BCUT2D eigenvalue weighted by atomic mass is 19.1. The quantitative estimate of drug-likeness (QED) is 0.683. The minimum absolute atomic E-state index is 0.165. The van der Waals surface area contributed by atoms with Gasteiger partial charge < -0.3 is 10.4 Å². The zero-order valence-electron chi connectivity index (χ0n) is 10.2. The number of aliphatic hydroxyl groups is 1. The Hall–Kier alpha value is -1.79. The van der Waals surface area contributed by atoms with Crippen molar-refractivity contribution in [3.05, 3.63) is 35.6 Å². The predicted octanol–water partition coefficient (Wildman–Crippen LogP) is 0.254. The average Bonchev–Trinajstić information content (AvgIpc) is 2.38. The van der Waals surface area contributed by atoms with E-state index in [0.29, 0.717) is 12.0 Å². The number of nitrogens with one attached hydrogen (secondary N) is 2. The summed E-state index contributed by atoms with van der Waals surface area (Å²) < 4.78 is 12.7. The van der Waals surface area contributed by atoms with Crippen LogP contribution in [0.1, 0.15) is 24.5 Å². The van der Waals surface area contributed by atoms with Gasteiger partial charge >= 0.3 is 0 Å². The number of halogens is 1. The maximum Gasteiger partial charge on any atom is 0.243 e. The van der Waals surface area contributed by atoms with E-state index < -0.39 is 12.1 Å². The molecule has 0 aliphatic carbocycles. The van der Waals surface area contributed by atoms with Gasteiger partial charge in [-0.25, -0.2) is 4.39 Å². The van der Waals surface area contributed by atoms with Crippen LogP contribution in [0, 0.1) is 5.82 Å². The Morgan fingerprint density at radius 1 is 1.37 bits per heavy atom. The smallest absolute Gasteiger partial charge is 0.243 e. The highest BCUT2D eigenvalue weighted by molar-refractivity contribution is 6.00. The SMILES string of the molecule is O=C1CCC(NCC(O)c2ccc(F)cc2)C(=O)N1. The largest absolute Gasteiger partial charge is 0.387 e. The fourth-order valence-electron chi connectivity index (χ4n) is 1.94. The van der Waals surface area contributed by atoms with Crippen molar-refractivity contribution in [2.24, 2.45) is 0 Å². The highest BCUT2D eigenvalue weighted by Crippen LogP contribution is 2.13. The molecule has 6 heteroatoms. The zero-order chi connectivity index (χ0) is 13.8. The van der Waals surface area contributed by atoms with Crippen LogP contribution in [-0.4, -0.2) is 29.5 Å². The standard InChI is InChI=1S/C13H15FN2O3/c14-9-3-1-8(2-4-9)11(17)7-15-10-5-6-12(18)16-13(10)19/h1-4,10-11,15,17H,5-7H2,(H,16,18,19). The molecule has 2 amide bonds. The summed E-state index contributed by atoms with van der Waals surface area (Å²) in [5.74, 6) is -1.02. The number of amides is 2. The molecule has 1 fully saturated rings. The zero-order valence-corrected chi connectivity index (χ0v) is 10.2.